The van der Waals surface area contributed by atoms with Crippen molar-refractivity contribution < 1.29 is 4.74 Å². The van der Waals surface area contributed by atoms with Crippen LogP contribution in [-0.4, -0.2) is 42.8 Å². The van der Waals surface area contributed by atoms with Gasteiger partial charge in [0.25, 0.3) is 0 Å². The van der Waals surface area contributed by atoms with E-state index in [-0.39, 0.29) is 28.7 Å². The maximum absolute atomic E-state index is 5.56. The lowest BCUT2D eigenvalue weighted by molar-refractivity contribution is 0.0782. The summed E-state index contributed by atoms with van der Waals surface area (Å²) in [6.45, 7) is 10.9. The first-order valence-electron chi connectivity index (χ1n) is 9.03. The summed E-state index contributed by atoms with van der Waals surface area (Å²) in [7, 11) is 0. The van der Waals surface area contributed by atoms with E-state index in [9.17, 15) is 0 Å². The highest BCUT2D eigenvalue weighted by Gasteiger charge is 2.32. The fourth-order valence-electron chi connectivity index (χ4n) is 2.86. The summed E-state index contributed by atoms with van der Waals surface area (Å²) in [5.74, 6) is 2.07. The van der Waals surface area contributed by atoms with Crippen LogP contribution >= 0.6 is 47.1 Å². The summed E-state index contributed by atoms with van der Waals surface area (Å²) >= 11 is 3.92. The van der Waals surface area contributed by atoms with Crippen LogP contribution in [0.3, 0.4) is 0 Å². The molecular weight excluding hydrogens is 465 g/mol. The topological polar surface area (TPSA) is 45.7 Å². The second-order valence-electron chi connectivity index (χ2n) is 6.00. The number of nitrogens with zero attached hydrogens (tertiary/aromatic N) is 1. The molecule has 1 aliphatic rings. The van der Waals surface area contributed by atoms with E-state index in [2.05, 4.69) is 55.3 Å². The molecule has 2 N–H and O–H groups in total. The second-order valence-corrected chi connectivity index (χ2v) is 8.98. The Kier molecular flexibility index (Phi) is 11.4. The number of rotatable bonds is 8. The van der Waals surface area contributed by atoms with Crippen LogP contribution in [0.5, 0.6) is 0 Å². The molecule has 0 aromatic carbocycles. The molecule has 4 nitrogen and oxygen atoms in total. The zero-order valence-corrected chi connectivity index (χ0v) is 19.6. The standard InChI is InChI=1S/C18H31N3OS2.HI/c1-4-15-7-8-16(24-15)13-20-17(19-5-2)21-14-18(23-6-3)9-11-22-12-10-18;/h7-8H,4-6,9-14H2,1-3H3,(H2,19,20,21);1H. The van der Waals surface area contributed by atoms with E-state index < -0.39 is 0 Å². The molecule has 1 saturated heterocycles. The van der Waals surface area contributed by atoms with Gasteiger partial charge in [0.05, 0.1) is 6.54 Å². The molecule has 2 heterocycles. The lowest BCUT2D eigenvalue weighted by Gasteiger charge is -2.37. The van der Waals surface area contributed by atoms with Crippen molar-refractivity contribution in [2.24, 2.45) is 4.99 Å². The summed E-state index contributed by atoms with van der Waals surface area (Å²) in [5.41, 5.74) is 0. The first-order valence-corrected chi connectivity index (χ1v) is 10.8. The smallest absolute Gasteiger partial charge is 0.191 e. The number of ether oxygens (including phenoxy) is 1. The molecule has 144 valence electrons. The van der Waals surface area contributed by atoms with Crippen molar-refractivity contribution in [3.8, 4) is 0 Å². The number of thioether (sulfide) groups is 1. The molecule has 2 rings (SSSR count). The third-order valence-electron chi connectivity index (χ3n) is 4.24. The summed E-state index contributed by atoms with van der Waals surface area (Å²) in [4.78, 5) is 7.53. The minimum Gasteiger partial charge on any atom is -0.381 e. The Hall–Kier alpha value is 0.01000. The van der Waals surface area contributed by atoms with Crippen molar-refractivity contribution in [3.63, 3.8) is 0 Å². The Balaban J connectivity index is 0.00000312. The van der Waals surface area contributed by atoms with E-state index in [0.29, 0.717) is 0 Å². The molecular formula is C18H32IN3OS2. The number of aryl methyl sites for hydroxylation is 1. The van der Waals surface area contributed by atoms with Crippen molar-refractivity contribution in [2.45, 2.75) is 51.3 Å². The highest BCUT2D eigenvalue weighted by atomic mass is 127. The van der Waals surface area contributed by atoms with Gasteiger partial charge in [0, 0.05) is 40.8 Å². The molecule has 1 aromatic heterocycles. The maximum Gasteiger partial charge on any atom is 0.191 e. The van der Waals surface area contributed by atoms with Crippen LogP contribution in [0.2, 0.25) is 0 Å². The van der Waals surface area contributed by atoms with Crippen molar-refractivity contribution in [1.82, 2.24) is 10.6 Å². The fraction of sp³-hybridized carbons (Fsp3) is 0.722. The largest absolute Gasteiger partial charge is 0.381 e. The Bertz CT molecular complexity index is 511. The van der Waals surface area contributed by atoms with Gasteiger partial charge in [0.1, 0.15) is 0 Å². The van der Waals surface area contributed by atoms with Crippen molar-refractivity contribution >= 4 is 53.0 Å². The molecule has 0 saturated carbocycles. The Morgan fingerprint density at radius 2 is 1.92 bits per heavy atom. The predicted molar refractivity (Wildman–Crippen MR) is 123 cm³/mol. The minimum atomic E-state index is 0. The second kappa shape index (κ2) is 12.4. The minimum absolute atomic E-state index is 0. The molecule has 7 heteroatoms. The van der Waals surface area contributed by atoms with Crippen LogP contribution in [0.4, 0.5) is 0 Å². The Labute approximate surface area is 178 Å². The zero-order valence-electron chi connectivity index (χ0n) is 15.6. The van der Waals surface area contributed by atoms with Crippen LogP contribution < -0.4 is 10.6 Å². The highest BCUT2D eigenvalue weighted by Crippen LogP contribution is 2.34. The highest BCUT2D eigenvalue weighted by molar-refractivity contribution is 14.0. The monoisotopic (exact) mass is 497 g/mol. The Morgan fingerprint density at radius 3 is 2.52 bits per heavy atom. The van der Waals surface area contributed by atoms with Crippen molar-refractivity contribution in [3.05, 3.63) is 21.9 Å². The van der Waals surface area contributed by atoms with Gasteiger partial charge in [0.15, 0.2) is 5.96 Å². The molecule has 1 aromatic rings. The van der Waals surface area contributed by atoms with Crippen LogP contribution in [0, 0.1) is 0 Å². The molecule has 1 aliphatic heterocycles. The predicted octanol–water partition coefficient (Wildman–Crippen LogP) is 4.29. The molecule has 0 amide bonds. The molecule has 1 fully saturated rings. The molecule has 0 unspecified atom stereocenters. The summed E-state index contributed by atoms with van der Waals surface area (Å²) in [6.07, 6.45) is 3.33. The summed E-state index contributed by atoms with van der Waals surface area (Å²) in [5, 5.41) is 6.95. The van der Waals surface area contributed by atoms with Crippen LogP contribution in [0.25, 0.3) is 0 Å². The number of hydrogen-bond donors (Lipinski definition) is 2. The molecule has 0 aliphatic carbocycles. The number of hydrogen-bond acceptors (Lipinski definition) is 4. The lowest BCUT2D eigenvalue weighted by atomic mass is 9.99. The van der Waals surface area contributed by atoms with Gasteiger partial charge >= 0.3 is 0 Å². The van der Waals surface area contributed by atoms with Crippen molar-refractivity contribution in [1.29, 1.82) is 0 Å². The number of guanidine groups is 1. The third kappa shape index (κ3) is 7.64. The lowest BCUT2D eigenvalue weighted by Crippen LogP contribution is -2.48. The third-order valence-corrected chi connectivity index (χ3v) is 6.90. The van der Waals surface area contributed by atoms with E-state index in [4.69, 9.17) is 9.73 Å². The normalized spacial score (nSPS) is 17.0. The van der Waals surface area contributed by atoms with Gasteiger partial charge < -0.3 is 15.4 Å². The SMILES string of the molecule is CCNC(=NCc1ccc(CC)s1)NCC1(SCC)CCOCC1.I. The van der Waals surface area contributed by atoms with Gasteiger partial charge in [-0.25, -0.2) is 4.99 Å². The first-order chi connectivity index (χ1) is 11.7. The number of thiophene rings is 1. The average molecular weight is 498 g/mol. The summed E-state index contributed by atoms with van der Waals surface area (Å²) < 4.78 is 5.84. The zero-order chi connectivity index (χ0) is 17.3. The van der Waals surface area contributed by atoms with Gasteiger partial charge in [-0.2, -0.15) is 11.8 Å². The molecule has 25 heavy (non-hydrogen) atoms. The van der Waals surface area contributed by atoms with Gasteiger partial charge in [-0.3, -0.25) is 0 Å². The molecule has 0 radical (unpaired) electrons. The number of halogens is 1. The van der Waals surface area contributed by atoms with Gasteiger partial charge in [-0.1, -0.05) is 13.8 Å². The van der Waals surface area contributed by atoms with Crippen LogP contribution in [-0.2, 0) is 17.7 Å². The van der Waals surface area contributed by atoms with Crippen molar-refractivity contribution in [2.75, 3.05) is 32.1 Å². The first kappa shape index (κ1) is 23.0. The fourth-order valence-corrected chi connectivity index (χ4v) is 4.99. The number of aliphatic imine (C=N–C) groups is 1. The molecule has 0 spiro atoms. The maximum atomic E-state index is 5.56. The average Bonchev–Trinajstić information content (AvgIpc) is 3.07. The number of nitrogens with one attached hydrogen (secondary N) is 2. The van der Waals surface area contributed by atoms with Gasteiger partial charge in [0.2, 0.25) is 0 Å². The summed E-state index contributed by atoms with van der Waals surface area (Å²) in [6, 6.07) is 4.41. The quantitative estimate of drug-likeness (QED) is 0.320. The van der Waals surface area contributed by atoms with Crippen LogP contribution in [0.15, 0.2) is 17.1 Å². The molecule has 0 bridgehead atoms. The van der Waals surface area contributed by atoms with Gasteiger partial charge in [-0.15, -0.1) is 35.3 Å². The van der Waals surface area contributed by atoms with Gasteiger partial charge in [-0.05, 0) is 44.1 Å². The van der Waals surface area contributed by atoms with Crippen LogP contribution in [0.1, 0.15) is 43.4 Å². The van der Waals surface area contributed by atoms with E-state index in [0.717, 1.165) is 63.8 Å². The Morgan fingerprint density at radius 1 is 1.20 bits per heavy atom. The van der Waals surface area contributed by atoms with E-state index >= 15 is 0 Å². The molecule has 0 atom stereocenters. The van der Waals surface area contributed by atoms with E-state index in [1.165, 1.54) is 9.75 Å². The van der Waals surface area contributed by atoms with E-state index in [1.807, 2.05) is 11.3 Å². The van der Waals surface area contributed by atoms with E-state index in [1.54, 1.807) is 0 Å².